The first-order valence-electron chi connectivity index (χ1n) is 5.12. The van der Waals surface area contributed by atoms with E-state index in [0.717, 1.165) is 0 Å². The number of anilines is 1. The molecular formula is C13H12N2O2. The lowest BCUT2D eigenvalue weighted by Crippen LogP contribution is -2.01. The lowest BCUT2D eigenvalue weighted by Gasteiger charge is -1.98. The molecule has 4 nitrogen and oxygen atoms in total. The first-order chi connectivity index (χ1) is 8.19. The number of nitrogens with zero attached hydrogens (tertiary/aromatic N) is 1. The first-order valence-corrected chi connectivity index (χ1v) is 5.12. The monoisotopic (exact) mass is 228 g/mol. The van der Waals surface area contributed by atoms with Crippen molar-refractivity contribution in [2.45, 2.75) is 13.3 Å². The van der Waals surface area contributed by atoms with Crippen LogP contribution in [0.2, 0.25) is 0 Å². The molecule has 0 aliphatic rings. The summed E-state index contributed by atoms with van der Waals surface area (Å²) < 4.78 is 4.73. The van der Waals surface area contributed by atoms with Crippen LogP contribution >= 0.6 is 0 Å². The van der Waals surface area contributed by atoms with Crippen LogP contribution in [0.4, 0.5) is 5.69 Å². The Balaban J connectivity index is 2.83. The molecule has 1 aromatic rings. The lowest BCUT2D eigenvalue weighted by atomic mass is 10.1. The molecule has 0 saturated heterocycles. The van der Waals surface area contributed by atoms with Crippen molar-refractivity contribution >= 4 is 11.7 Å². The summed E-state index contributed by atoms with van der Waals surface area (Å²) in [5, 5.41) is 8.90. The number of carbonyl (C=O) groups excluding carboxylic acids is 1. The topological polar surface area (TPSA) is 76.1 Å². The van der Waals surface area contributed by atoms with E-state index in [2.05, 4.69) is 11.8 Å². The van der Waals surface area contributed by atoms with Crippen molar-refractivity contribution in [2.75, 3.05) is 12.3 Å². The van der Waals surface area contributed by atoms with E-state index in [1.165, 1.54) is 0 Å². The molecule has 1 rings (SSSR count). The summed E-state index contributed by atoms with van der Waals surface area (Å²) >= 11 is 0. The highest BCUT2D eigenvalue weighted by Gasteiger charge is 2.02. The number of esters is 1. The summed E-state index contributed by atoms with van der Waals surface area (Å²) in [5.41, 5.74) is 6.88. The molecule has 0 unspecified atom stereocenters. The number of benzene rings is 1. The molecule has 0 aliphatic carbocycles. The largest absolute Gasteiger partial charge is 0.465 e. The summed E-state index contributed by atoms with van der Waals surface area (Å²) in [5.74, 6) is 5.03. The molecule has 0 saturated carbocycles. The normalized spacial score (nSPS) is 8.71. The van der Waals surface area contributed by atoms with Crippen molar-refractivity contribution in [3.05, 3.63) is 29.3 Å². The molecular weight excluding hydrogens is 216 g/mol. The standard InChI is InChI=1S/C13H12N2O2/c1-2-17-13(16)8-4-6-10-5-3-7-12(15)11(10)9-14/h3,5,7H,2,8,15H2,1H3. The second kappa shape index (κ2) is 6.19. The van der Waals surface area contributed by atoms with E-state index in [1.54, 1.807) is 25.1 Å². The van der Waals surface area contributed by atoms with Crippen molar-refractivity contribution in [3.8, 4) is 17.9 Å². The maximum Gasteiger partial charge on any atom is 0.317 e. The van der Waals surface area contributed by atoms with Gasteiger partial charge in [0.25, 0.3) is 0 Å². The average molecular weight is 228 g/mol. The van der Waals surface area contributed by atoms with Crippen molar-refractivity contribution in [2.24, 2.45) is 0 Å². The van der Waals surface area contributed by atoms with Crippen LogP contribution in [0.25, 0.3) is 0 Å². The van der Waals surface area contributed by atoms with E-state index in [-0.39, 0.29) is 12.4 Å². The van der Waals surface area contributed by atoms with Gasteiger partial charge in [0.05, 0.1) is 17.9 Å². The quantitative estimate of drug-likeness (QED) is 0.472. The summed E-state index contributed by atoms with van der Waals surface area (Å²) in [4.78, 5) is 11.0. The third-order valence-electron chi connectivity index (χ3n) is 1.97. The predicted molar refractivity (Wildman–Crippen MR) is 63.7 cm³/mol. The number of nitrogens with two attached hydrogens (primary N) is 1. The first kappa shape index (κ1) is 12.6. The van der Waals surface area contributed by atoms with E-state index in [0.29, 0.717) is 23.4 Å². The molecule has 0 bridgehead atoms. The van der Waals surface area contributed by atoms with Crippen molar-refractivity contribution in [1.82, 2.24) is 0 Å². The molecule has 0 aliphatic heterocycles. The lowest BCUT2D eigenvalue weighted by molar-refractivity contribution is -0.141. The molecule has 1 aromatic carbocycles. The Bertz CT molecular complexity index is 518. The number of nitriles is 1. The Morgan fingerprint density at radius 3 is 2.94 bits per heavy atom. The molecule has 0 aromatic heterocycles. The van der Waals surface area contributed by atoms with E-state index >= 15 is 0 Å². The van der Waals surface area contributed by atoms with Gasteiger partial charge in [-0.15, -0.1) is 0 Å². The van der Waals surface area contributed by atoms with Crippen molar-refractivity contribution < 1.29 is 9.53 Å². The van der Waals surface area contributed by atoms with Crippen molar-refractivity contribution in [3.63, 3.8) is 0 Å². The number of nitrogen functional groups attached to an aromatic ring is 1. The number of hydrogen-bond donors (Lipinski definition) is 1. The van der Waals surface area contributed by atoms with Gasteiger partial charge in [-0.2, -0.15) is 5.26 Å². The Kier molecular flexibility index (Phi) is 4.59. The third kappa shape index (κ3) is 3.55. The Hall–Kier alpha value is -2.46. The van der Waals surface area contributed by atoms with Gasteiger partial charge in [-0.3, -0.25) is 4.79 Å². The fourth-order valence-electron chi connectivity index (χ4n) is 1.22. The van der Waals surface area contributed by atoms with Gasteiger partial charge in [-0.1, -0.05) is 17.9 Å². The molecule has 2 N–H and O–H groups in total. The van der Waals surface area contributed by atoms with Gasteiger partial charge in [0, 0.05) is 5.56 Å². The minimum absolute atomic E-state index is 0.00745. The highest BCUT2D eigenvalue weighted by Crippen LogP contribution is 2.14. The van der Waals surface area contributed by atoms with Gasteiger partial charge in [-0.25, -0.2) is 0 Å². The Labute approximate surface area is 100.0 Å². The van der Waals surface area contributed by atoms with Gasteiger partial charge < -0.3 is 10.5 Å². The fourth-order valence-corrected chi connectivity index (χ4v) is 1.22. The fraction of sp³-hybridized carbons (Fsp3) is 0.231. The van der Waals surface area contributed by atoms with Crippen LogP contribution in [0.1, 0.15) is 24.5 Å². The molecule has 0 spiro atoms. The molecule has 0 fully saturated rings. The molecule has 0 radical (unpaired) electrons. The zero-order chi connectivity index (χ0) is 12.7. The van der Waals surface area contributed by atoms with Crippen LogP contribution in [0.15, 0.2) is 18.2 Å². The highest BCUT2D eigenvalue weighted by molar-refractivity contribution is 5.73. The van der Waals surface area contributed by atoms with E-state index in [9.17, 15) is 4.79 Å². The minimum atomic E-state index is -0.373. The second-order valence-corrected chi connectivity index (χ2v) is 3.17. The van der Waals surface area contributed by atoms with Crippen LogP contribution in [-0.2, 0) is 9.53 Å². The van der Waals surface area contributed by atoms with Crippen LogP contribution in [0.5, 0.6) is 0 Å². The second-order valence-electron chi connectivity index (χ2n) is 3.17. The van der Waals surface area contributed by atoms with E-state index < -0.39 is 0 Å². The zero-order valence-corrected chi connectivity index (χ0v) is 9.49. The Morgan fingerprint density at radius 2 is 2.29 bits per heavy atom. The van der Waals surface area contributed by atoms with Crippen LogP contribution in [0, 0.1) is 23.2 Å². The van der Waals surface area contributed by atoms with Gasteiger partial charge in [0.2, 0.25) is 0 Å². The summed E-state index contributed by atoms with van der Waals surface area (Å²) in [6.45, 7) is 2.07. The molecule has 4 heteroatoms. The van der Waals surface area contributed by atoms with E-state index in [4.69, 9.17) is 15.7 Å². The third-order valence-corrected chi connectivity index (χ3v) is 1.97. The average Bonchev–Trinajstić information content (AvgIpc) is 2.29. The van der Waals surface area contributed by atoms with E-state index in [1.807, 2.05) is 6.07 Å². The van der Waals surface area contributed by atoms with Crippen molar-refractivity contribution in [1.29, 1.82) is 5.26 Å². The Morgan fingerprint density at radius 1 is 1.53 bits per heavy atom. The summed E-state index contributed by atoms with van der Waals surface area (Å²) in [6.07, 6.45) is 0.00745. The molecule has 0 heterocycles. The zero-order valence-electron chi connectivity index (χ0n) is 9.49. The van der Waals surface area contributed by atoms with Gasteiger partial charge in [0.1, 0.15) is 12.5 Å². The molecule has 0 atom stereocenters. The minimum Gasteiger partial charge on any atom is -0.465 e. The SMILES string of the molecule is CCOC(=O)CC#Cc1cccc(N)c1C#N. The van der Waals surface area contributed by atoms with Gasteiger partial charge in [-0.05, 0) is 19.1 Å². The number of ether oxygens (including phenoxy) is 1. The van der Waals surface area contributed by atoms with Crippen LogP contribution in [-0.4, -0.2) is 12.6 Å². The number of rotatable bonds is 2. The van der Waals surface area contributed by atoms with Gasteiger partial charge >= 0.3 is 5.97 Å². The van der Waals surface area contributed by atoms with Gasteiger partial charge in [0.15, 0.2) is 0 Å². The summed E-state index contributed by atoms with van der Waals surface area (Å²) in [6, 6.07) is 7.02. The maximum absolute atomic E-state index is 11.0. The predicted octanol–water partition coefficient (Wildman–Crippen LogP) is 1.45. The number of hydrogen-bond acceptors (Lipinski definition) is 4. The number of carbonyl (C=O) groups is 1. The van der Waals surface area contributed by atoms with Crippen LogP contribution < -0.4 is 5.73 Å². The molecule has 0 amide bonds. The maximum atomic E-state index is 11.0. The smallest absolute Gasteiger partial charge is 0.317 e. The summed E-state index contributed by atoms with van der Waals surface area (Å²) in [7, 11) is 0. The molecule has 86 valence electrons. The van der Waals surface area contributed by atoms with Crippen LogP contribution in [0.3, 0.4) is 0 Å². The molecule has 17 heavy (non-hydrogen) atoms. The highest BCUT2D eigenvalue weighted by atomic mass is 16.5.